The molecule has 0 aliphatic heterocycles. The summed E-state index contributed by atoms with van der Waals surface area (Å²) >= 11 is 3.41. The molecule has 3 nitrogen and oxygen atoms in total. The van der Waals surface area contributed by atoms with Gasteiger partial charge in [-0.25, -0.2) is 0 Å². The molecule has 0 amide bonds. The number of hydrogen-bond donors (Lipinski definition) is 1. The van der Waals surface area contributed by atoms with Gasteiger partial charge in [0.2, 0.25) is 0 Å². The summed E-state index contributed by atoms with van der Waals surface area (Å²) < 4.78 is 0.696. The van der Waals surface area contributed by atoms with Crippen LogP contribution in [-0.2, 0) is 0 Å². The number of fused-ring (bicyclic) bond motifs is 1. The molecule has 1 N–H and O–H groups in total. The average molecular weight is 281 g/mol. The summed E-state index contributed by atoms with van der Waals surface area (Å²) in [6.45, 7) is 1.97. The van der Waals surface area contributed by atoms with Gasteiger partial charge in [0, 0.05) is 30.9 Å². The number of aryl methyl sites for hydroxylation is 1. The number of phenolic OH excluding ortho intramolecular Hbond substituents is 1. The number of pyridine rings is 1. The van der Waals surface area contributed by atoms with Crippen LogP contribution in [0.4, 0.5) is 5.69 Å². The van der Waals surface area contributed by atoms with Crippen molar-refractivity contribution in [3.63, 3.8) is 0 Å². The van der Waals surface area contributed by atoms with Crippen LogP contribution in [0.3, 0.4) is 0 Å². The molecule has 1 aromatic heterocycles. The zero-order chi connectivity index (χ0) is 11.9. The molecule has 0 aliphatic carbocycles. The van der Waals surface area contributed by atoms with E-state index in [1.54, 1.807) is 6.07 Å². The predicted octanol–water partition coefficient (Wildman–Crippen LogP) is 3.08. The van der Waals surface area contributed by atoms with Gasteiger partial charge in [0.1, 0.15) is 5.75 Å². The molecular weight excluding hydrogens is 268 g/mol. The maximum atomic E-state index is 9.70. The van der Waals surface area contributed by atoms with E-state index in [-0.39, 0.29) is 5.75 Å². The van der Waals surface area contributed by atoms with E-state index in [1.807, 2.05) is 38.1 Å². The Morgan fingerprint density at radius 3 is 2.62 bits per heavy atom. The number of aromatic hydroxyl groups is 1. The fourth-order valence-electron chi connectivity index (χ4n) is 1.74. The number of phenols is 1. The van der Waals surface area contributed by atoms with Gasteiger partial charge in [-0.1, -0.05) is 0 Å². The minimum Gasteiger partial charge on any atom is -0.507 e. The Morgan fingerprint density at radius 1 is 1.31 bits per heavy atom. The van der Waals surface area contributed by atoms with Crippen LogP contribution in [-0.4, -0.2) is 24.2 Å². The number of hydrogen-bond acceptors (Lipinski definition) is 3. The zero-order valence-electron chi connectivity index (χ0n) is 9.45. The lowest BCUT2D eigenvalue weighted by Gasteiger charge is -2.17. The molecule has 4 heteroatoms. The lowest BCUT2D eigenvalue weighted by molar-refractivity contribution is 0.473. The molecule has 0 fully saturated rings. The van der Waals surface area contributed by atoms with Gasteiger partial charge in [-0.05, 0) is 41.1 Å². The second-order valence-corrected chi connectivity index (χ2v) is 4.76. The highest BCUT2D eigenvalue weighted by molar-refractivity contribution is 9.10. The molecule has 0 saturated heterocycles. The Hall–Kier alpha value is -1.29. The Morgan fingerprint density at radius 2 is 2.00 bits per heavy atom. The first kappa shape index (κ1) is 11.2. The van der Waals surface area contributed by atoms with Crippen molar-refractivity contribution < 1.29 is 5.11 Å². The van der Waals surface area contributed by atoms with Crippen LogP contribution >= 0.6 is 15.9 Å². The first-order chi connectivity index (χ1) is 7.50. The van der Waals surface area contributed by atoms with Gasteiger partial charge in [0.15, 0.2) is 0 Å². The van der Waals surface area contributed by atoms with E-state index in [9.17, 15) is 5.11 Å². The van der Waals surface area contributed by atoms with Gasteiger partial charge in [0.05, 0.1) is 9.99 Å². The number of benzene rings is 1. The minimum absolute atomic E-state index is 0.237. The van der Waals surface area contributed by atoms with E-state index in [0.29, 0.717) is 4.47 Å². The maximum absolute atomic E-state index is 9.70. The third-order valence-electron chi connectivity index (χ3n) is 2.48. The van der Waals surface area contributed by atoms with E-state index < -0.39 is 0 Å². The van der Waals surface area contributed by atoms with E-state index in [4.69, 9.17) is 0 Å². The molecule has 0 saturated carbocycles. The van der Waals surface area contributed by atoms with Crippen molar-refractivity contribution in [3.05, 3.63) is 28.4 Å². The molecule has 0 bridgehead atoms. The summed E-state index contributed by atoms with van der Waals surface area (Å²) in [4.78, 5) is 6.47. The summed E-state index contributed by atoms with van der Waals surface area (Å²) in [6.07, 6.45) is 0. The molecule has 1 heterocycles. The Bertz CT molecular complexity index is 552. The molecule has 0 atom stereocenters. The fourth-order valence-corrected chi connectivity index (χ4v) is 2.28. The van der Waals surface area contributed by atoms with E-state index in [1.165, 1.54) is 0 Å². The number of rotatable bonds is 1. The normalized spacial score (nSPS) is 10.8. The summed E-state index contributed by atoms with van der Waals surface area (Å²) in [5.41, 5.74) is 2.90. The van der Waals surface area contributed by atoms with Crippen molar-refractivity contribution in [1.82, 2.24) is 4.98 Å². The second kappa shape index (κ2) is 3.94. The Labute approximate surface area is 103 Å². The van der Waals surface area contributed by atoms with Gasteiger partial charge in [0.25, 0.3) is 0 Å². The van der Waals surface area contributed by atoms with Crippen LogP contribution in [0.15, 0.2) is 22.7 Å². The first-order valence-electron chi connectivity index (χ1n) is 4.97. The van der Waals surface area contributed by atoms with Crippen molar-refractivity contribution in [1.29, 1.82) is 0 Å². The van der Waals surface area contributed by atoms with Crippen molar-refractivity contribution in [2.45, 2.75) is 6.92 Å². The smallest absolute Gasteiger partial charge is 0.130 e. The predicted molar refractivity (Wildman–Crippen MR) is 70.2 cm³/mol. The Balaban J connectivity index is 2.92. The molecule has 2 aromatic rings. The highest BCUT2D eigenvalue weighted by Crippen LogP contribution is 2.37. The quantitative estimate of drug-likeness (QED) is 0.872. The van der Waals surface area contributed by atoms with E-state index in [0.717, 1.165) is 22.3 Å². The molecule has 16 heavy (non-hydrogen) atoms. The molecule has 0 aliphatic rings. The molecule has 2 rings (SSSR count). The summed E-state index contributed by atoms with van der Waals surface area (Å²) in [5.74, 6) is 0.237. The summed E-state index contributed by atoms with van der Waals surface area (Å²) in [6, 6.07) is 5.49. The van der Waals surface area contributed by atoms with Crippen molar-refractivity contribution in [2.24, 2.45) is 0 Å². The molecule has 0 radical (unpaired) electrons. The number of halogens is 1. The third kappa shape index (κ3) is 1.73. The van der Waals surface area contributed by atoms with Crippen LogP contribution in [0.25, 0.3) is 10.9 Å². The molecule has 0 spiro atoms. The van der Waals surface area contributed by atoms with Crippen LogP contribution in [0.1, 0.15) is 5.69 Å². The standard InChI is InChI=1S/C12H13BrN2O/c1-7-6-9(15(2)3)11-8(14-7)4-5-10(16)12(11)13/h4-6,16H,1-3H3. The average Bonchev–Trinajstić information content (AvgIpc) is 2.22. The first-order valence-corrected chi connectivity index (χ1v) is 5.76. The number of aromatic nitrogens is 1. The van der Waals surface area contributed by atoms with Gasteiger partial charge < -0.3 is 10.0 Å². The van der Waals surface area contributed by atoms with Crippen LogP contribution < -0.4 is 4.90 Å². The lowest BCUT2D eigenvalue weighted by atomic mass is 10.1. The topological polar surface area (TPSA) is 36.4 Å². The second-order valence-electron chi connectivity index (χ2n) is 3.97. The van der Waals surface area contributed by atoms with Gasteiger partial charge in [-0.2, -0.15) is 0 Å². The van der Waals surface area contributed by atoms with E-state index >= 15 is 0 Å². The van der Waals surface area contributed by atoms with Crippen molar-refractivity contribution in [3.8, 4) is 5.75 Å². The largest absolute Gasteiger partial charge is 0.507 e. The Kier molecular flexibility index (Phi) is 2.76. The fraction of sp³-hybridized carbons (Fsp3) is 0.250. The van der Waals surface area contributed by atoms with Crippen LogP contribution in [0.5, 0.6) is 5.75 Å². The van der Waals surface area contributed by atoms with Crippen molar-refractivity contribution >= 4 is 32.5 Å². The molecule has 1 aromatic carbocycles. The maximum Gasteiger partial charge on any atom is 0.130 e. The molecular formula is C12H13BrN2O. The zero-order valence-corrected chi connectivity index (χ0v) is 11.0. The summed E-state index contributed by atoms with van der Waals surface area (Å²) in [5, 5.41) is 10.6. The minimum atomic E-state index is 0.237. The van der Waals surface area contributed by atoms with Crippen molar-refractivity contribution in [2.75, 3.05) is 19.0 Å². The molecule has 84 valence electrons. The monoisotopic (exact) mass is 280 g/mol. The van der Waals surface area contributed by atoms with Crippen LogP contribution in [0, 0.1) is 6.92 Å². The van der Waals surface area contributed by atoms with Gasteiger partial charge in [-0.15, -0.1) is 0 Å². The number of anilines is 1. The van der Waals surface area contributed by atoms with Gasteiger partial charge in [-0.3, -0.25) is 4.98 Å². The van der Waals surface area contributed by atoms with Gasteiger partial charge >= 0.3 is 0 Å². The van der Waals surface area contributed by atoms with E-state index in [2.05, 4.69) is 20.9 Å². The lowest BCUT2D eigenvalue weighted by Crippen LogP contribution is -2.10. The van der Waals surface area contributed by atoms with Crippen LogP contribution in [0.2, 0.25) is 0 Å². The SMILES string of the molecule is Cc1cc(N(C)C)c2c(Br)c(O)ccc2n1. The third-order valence-corrected chi connectivity index (χ3v) is 3.28. The number of nitrogens with zero attached hydrogens (tertiary/aromatic N) is 2. The molecule has 0 unspecified atom stereocenters. The highest BCUT2D eigenvalue weighted by atomic mass is 79.9. The highest BCUT2D eigenvalue weighted by Gasteiger charge is 2.11. The summed E-state index contributed by atoms with van der Waals surface area (Å²) in [7, 11) is 3.95.